The summed E-state index contributed by atoms with van der Waals surface area (Å²) < 4.78 is 5.81. The average molecular weight is 385 g/mol. The van der Waals surface area contributed by atoms with Crippen molar-refractivity contribution in [1.29, 1.82) is 0 Å². The van der Waals surface area contributed by atoms with Gasteiger partial charge in [-0.05, 0) is 52.0 Å². The van der Waals surface area contributed by atoms with Crippen molar-refractivity contribution in [2.75, 3.05) is 0 Å². The normalized spacial score (nSPS) is 18.2. The van der Waals surface area contributed by atoms with Crippen molar-refractivity contribution >= 4 is 45.3 Å². The fourth-order valence-corrected chi connectivity index (χ4v) is 7.95. The standard InChI is InChI=1S/C20H16S4/c1-9-5-13-14-6-10(2)22-18(14)16-8-12(4)24-20(16)19-15(17(13)21-9)7-11(3)23-19/h5-8H,1-4H3/b14-13-,17-15+,18-16+,20-19-. The van der Waals surface area contributed by atoms with Crippen LogP contribution in [0, 0.1) is 66.7 Å². The molecule has 0 fully saturated rings. The van der Waals surface area contributed by atoms with Crippen LogP contribution in [0.15, 0.2) is 24.3 Å². The summed E-state index contributed by atoms with van der Waals surface area (Å²) in [5, 5.41) is 5.71. The fraction of sp³-hybridized carbons (Fsp3) is 0.200. The van der Waals surface area contributed by atoms with E-state index in [0.717, 1.165) is 0 Å². The quantitative estimate of drug-likeness (QED) is 0.281. The van der Waals surface area contributed by atoms with Crippen molar-refractivity contribution in [3.05, 3.63) is 82.8 Å². The molecule has 0 atom stereocenters. The molecule has 0 radical (unpaired) electrons. The first-order valence-electron chi connectivity index (χ1n) is 7.94. The van der Waals surface area contributed by atoms with Gasteiger partial charge in [-0.25, -0.2) is 0 Å². The summed E-state index contributed by atoms with van der Waals surface area (Å²) in [5.41, 5.74) is 0. The zero-order valence-electron chi connectivity index (χ0n) is 13.9. The summed E-state index contributed by atoms with van der Waals surface area (Å²) in [6.07, 6.45) is 0. The molecular formula is C20H16S4. The molecule has 1 aliphatic carbocycles. The number of aryl methyl sites for hydroxylation is 4. The van der Waals surface area contributed by atoms with Crippen LogP contribution in [0.1, 0.15) is 19.5 Å². The second kappa shape index (κ2) is 5.15. The average Bonchev–Trinajstić information content (AvgIpc) is 3.23. The Hall–Kier alpha value is -1.20. The Bertz CT molecular complexity index is 1110. The summed E-state index contributed by atoms with van der Waals surface area (Å²) in [5.74, 6) is 0. The highest BCUT2D eigenvalue weighted by Gasteiger charge is 2.08. The van der Waals surface area contributed by atoms with Gasteiger partial charge < -0.3 is 0 Å². The Morgan fingerprint density at radius 3 is 1.08 bits per heavy atom. The van der Waals surface area contributed by atoms with E-state index in [1.165, 1.54) is 58.5 Å². The second-order valence-electron chi connectivity index (χ2n) is 6.40. The zero-order chi connectivity index (χ0) is 16.6. The van der Waals surface area contributed by atoms with Gasteiger partial charge in [-0.2, -0.15) is 0 Å². The maximum Gasteiger partial charge on any atom is 0.0538 e. The molecule has 4 heterocycles. The SMILES string of the molecule is Cc1cc2/c(s1)=c1/sc(C)c/c1=c1\sc(C)c\c1=c1/cc(C)s/c1=2. The predicted molar refractivity (Wildman–Crippen MR) is 107 cm³/mol. The number of hydrogen-bond acceptors (Lipinski definition) is 4. The largest absolute Gasteiger partial charge is 0.140 e. The Morgan fingerprint density at radius 2 is 0.708 bits per heavy atom. The molecule has 0 saturated heterocycles. The molecule has 0 aliphatic heterocycles. The summed E-state index contributed by atoms with van der Waals surface area (Å²) in [4.78, 5) is 5.59. The Morgan fingerprint density at radius 1 is 0.417 bits per heavy atom. The Kier molecular flexibility index (Phi) is 3.24. The van der Waals surface area contributed by atoms with Crippen LogP contribution in [-0.4, -0.2) is 0 Å². The van der Waals surface area contributed by atoms with Crippen LogP contribution in [-0.2, 0) is 0 Å². The maximum atomic E-state index is 2.39. The molecule has 5 rings (SSSR count). The van der Waals surface area contributed by atoms with Crippen LogP contribution in [0.4, 0.5) is 0 Å². The topological polar surface area (TPSA) is 0 Å². The number of fused-ring (bicyclic) bond motifs is 4. The summed E-state index contributed by atoms with van der Waals surface area (Å²) >= 11 is 7.77. The van der Waals surface area contributed by atoms with E-state index in [0.29, 0.717) is 0 Å². The third kappa shape index (κ3) is 2.07. The molecule has 0 amide bonds. The Labute approximate surface area is 155 Å². The van der Waals surface area contributed by atoms with E-state index < -0.39 is 0 Å². The van der Waals surface area contributed by atoms with Gasteiger partial charge >= 0.3 is 0 Å². The summed E-state index contributed by atoms with van der Waals surface area (Å²) in [6, 6.07) is 9.54. The number of hydrogen-bond donors (Lipinski definition) is 0. The second-order valence-corrected chi connectivity index (χ2v) is 11.4. The Balaban J connectivity index is 2.44. The fourth-order valence-electron chi connectivity index (χ4n) is 3.53. The van der Waals surface area contributed by atoms with E-state index in [9.17, 15) is 0 Å². The molecular weight excluding hydrogens is 368 g/mol. The molecule has 0 aromatic carbocycles. The van der Waals surface area contributed by atoms with Gasteiger partial charge in [0.1, 0.15) is 0 Å². The third-order valence-electron chi connectivity index (χ3n) is 4.41. The minimum Gasteiger partial charge on any atom is -0.140 e. The number of thiophene rings is 4. The van der Waals surface area contributed by atoms with E-state index in [1.807, 2.05) is 45.3 Å². The lowest BCUT2D eigenvalue weighted by molar-refractivity contribution is 1.42. The van der Waals surface area contributed by atoms with E-state index in [-0.39, 0.29) is 0 Å². The molecule has 4 heteroatoms. The molecule has 0 saturated carbocycles. The van der Waals surface area contributed by atoms with Crippen LogP contribution in [0.25, 0.3) is 0 Å². The van der Waals surface area contributed by atoms with Crippen molar-refractivity contribution in [2.45, 2.75) is 27.7 Å². The highest BCUT2D eigenvalue weighted by Crippen LogP contribution is 2.27. The van der Waals surface area contributed by atoms with Crippen molar-refractivity contribution in [3.8, 4) is 0 Å². The van der Waals surface area contributed by atoms with Gasteiger partial charge in [0.15, 0.2) is 0 Å². The van der Waals surface area contributed by atoms with E-state index in [1.54, 1.807) is 0 Å². The molecule has 24 heavy (non-hydrogen) atoms. The molecule has 0 nitrogen and oxygen atoms in total. The van der Waals surface area contributed by atoms with Crippen molar-refractivity contribution in [2.24, 2.45) is 0 Å². The highest BCUT2D eigenvalue weighted by atomic mass is 32.1. The first kappa shape index (κ1) is 15.1. The monoisotopic (exact) mass is 384 g/mol. The molecule has 4 aromatic rings. The lowest BCUT2D eigenvalue weighted by Crippen LogP contribution is -1.76. The van der Waals surface area contributed by atoms with Crippen LogP contribution in [0.2, 0.25) is 0 Å². The van der Waals surface area contributed by atoms with Gasteiger partial charge in [0.05, 0.1) is 9.06 Å². The third-order valence-corrected chi connectivity index (χ3v) is 8.84. The van der Waals surface area contributed by atoms with Gasteiger partial charge in [-0.1, -0.05) is 0 Å². The molecule has 0 bridgehead atoms. The van der Waals surface area contributed by atoms with Crippen LogP contribution < -0.4 is 0 Å². The van der Waals surface area contributed by atoms with Gasteiger partial charge in [-0.3, -0.25) is 0 Å². The van der Waals surface area contributed by atoms with Gasteiger partial charge in [-0.15, -0.1) is 45.3 Å². The van der Waals surface area contributed by atoms with Gasteiger partial charge in [0, 0.05) is 49.4 Å². The molecule has 0 unspecified atom stereocenters. The molecule has 4 aromatic heterocycles. The lowest BCUT2D eigenvalue weighted by atomic mass is 10.2. The molecule has 0 spiro atoms. The van der Waals surface area contributed by atoms with Crippen molar-refractivity contribution in [1.82, 2.24) is 0 Å². The van der Waals surface area contributed by atoms with Crippen LogP contribution >= 0.6 is 45.3 Å². The van der Waals surface area contributed by atoms with E-state index in [4.69, 9.17) is 0 Å². The number of rotatable bonds is 0. The molecule has 1 aliphatic rings. The van der Waals surface area contributed by atoms with Crippen LogP contribution in [0.5, 0.6) is 0 Å². The van der Waals surface area contributed by atoms with E-state index in [2.05, 4.69) is 52.0 Å². The van der Waals surface area contributed by atoms with Crippen molar-refractivity contribution < 1.29 is 0 Å². The highest BCUT2D eigenvalue weighted by molar-refractivity contribution is 7.14. The molecule has 0 N–H and O–H groups in total. The first-order chi connectivity index (χ1) is 11.5. The summed E-state index contributed by atoms with van der Waals surface area (Å²) in [6.45, 7) is 8.92. The van der Waals surface area contributed by atoms with E-state index >= 15 is 0 Å². The smallest absolute Gasteiger partial charge is 0.0538 e. The first-order valence-corrected chi connectivity index (χ1v) is 11.2. The van der Waals surface area contributed by atoms with Crippen molar-refractivity contribution in [3.63, 3.8) is 0 Å². The predicted octanol–water partition coefficient (Wildman–Crippen LogP) is 6.63. The maximum absolute atomic E-state index is 2.39. The minimum atomic E-state index is 1.39. The molecule has 120 valence electrons. The summed E-state index contributed by atoms with van der Waals surface area (Å²) in [7, 11) is 0. The lowest BCUT2D eigenvalue weighted by Gasteiger charge is -1.87. The zero-order valence-corrected chi connectivity index (χ0v) is 17.2. The van der Waals surface area contributed by atoms with Crippen LogP contribution in [0.3, 0.4) is 0 Å². The minimum absolute atomic E-state index is 1.39. The van der Waals surface area contributed by atoms with Gasteiger partial charge in [0.2, 0.25) is 0 Å². The van der Waals surface area contributed by atoms with Gasteiger partial charge in [0.25, 0.3) is 0 Å².